The minimum atomic E-state index is 0.898. The minimum absolute atomic E-state index is 0.898. The summed E-state index contributed by atoms with van der Waals surface area (Å²) < 4.78 is 0. The Balaban J connectivity index is 0.000000153. The first kappa shape index (κ1) is 40.3. The summed E-state index contributed by atoms with van der Waals surface area (Å²) >= 11 is 0. The Labute approximate surface area is 321 Å². The van der Waals surface area contributed by atoms with Crippen molar-refractivity contribution in [1.29, 1.82) is 0 Å². The van der Waals surface area contributed by atoms with E-state index in [1.54, 1.807) is 11.1 Å². The molecule has 0 heterocycles. The lowest BCUT2D eigenvalue weighted by Gasteiger charge is -2.18. The Hall–Kier alpha value is -5.46. The first-order valence-corrected chi connectivity index (χ1v) is 19.2. The van der Waals surface area contributed by atoms with Crippen LogP contribution in [0, 0.1) is 11.8 Å². The third-order valence-electron chi connectivity index (χ3n) is 10.5. The summed E-state index contributed by atoms with van der Waals surface area (Å²) in [5, 5.41) is 0. The number of allylic oxidation sites excluding steroid dienone is 4. The van der Waals surface area contributed by atoms with Crippen LogP contribution in [-0.2, 0) is 25.7 Å². The normalized spacial score (nSPS) is 16.7. The molecule has 0 nitrogen and oxygen atoms in total. The van der Waals surface area contributed by atoms with Crippen LogP contribution in [0.5, 0.6) is 0 Å². The van der Waals surface area contributed by atoms with Gasteiger partial charge in [0, 0.05) is 0 Å². The van der Waals surface area contributed by atoms with Crippen LogP contribution in [0.2, 0.25) is 0 Å². The predicted molar refractivity (Wildman–Crippen MR) is 234 cm³/mol. The molecule has 1 fully saturated rings. The van der Waals surface area contributed by atoms with Gasteiger partial charge in [-0.05, 0) is 124 Å². The maximum absolute atomic E-state index is 4.14. The quantitative estimate of drug-likeness (QED) is 0.139. The van der Waals surface area contributed by atoms with Crippen molar-refractivity contribution in [2.75, 3.05) is 0 Å². The van der Waals surface area contributed by atoms with Gasteiger partial charge in [0.15, 0.2) is 0 Å². The SMILES string of the molecule is C1=CC2CCCC2C=C1.C=C.C=C.C=C.C=C1c2ccccc2-c2ccccc21.c1ccc2c(c1)CCCC2.c1ccc2c(c1)Cc1ccccc1C2. The molecule has 0 radical (unpaired) electrons. The van der Waals surface area contributed by atoms with Crippen LogP contribution in [0.25, 0.3) is 16.7 Å². The highest BCUT2D eigenvalue weighted by Gasteiger charge is 2.23. The molecule has 0 amide bonds. The molecular weight excluding hydrogens is 637 g/mol. The van der Waals surface area contributed by atoms with Crippen molar-refractivity contribution in [2.24, 2.45) is 11.8 Å². The third-order valence-corrected chi connectivity index (χ3v) is 10.5. The van der Waals surface area contributed by atoms with Crippen molar-refractivity contribution >= 4 is 5.57 Å². The minimum Gasteiger partial charge on any atom is -0.106 e. The van der Waals surface area contributed by atoms with Crippen LogP contribution < -0.4 is 0 Å². The summed E-state index contributed by atoms with van der Waals surface area (Å²) in [6.45, 7) is 22.1. The Bertz CT molecular complexity index is 1770. The van der Waals surface area contributed by atoms with Crippen LogP contribution in [0.1, 0.15) is 76.6 Å². The maximum Gasteiger partial charge on any atom is -0.00201 e. The second-order valence-corrected chi connectivity index (χ2v) is 13.5. The van der Waals surface area contributed by atoms with Crippen LogP contribution in [0.4, 0.5) is 0 Å². The Kier molecular flexibility index (Phi) is 16.6. The Morgan fingerprint density at radius 3 is 1.02 bits per heavy atom. The van der Waals surface area contributed by atoms with Gasteiger partial charge in [-0.25, -0.2) is 0 Å². The average molecular weight is 695 g/mol. The lowest BCUT2D eigenvalue weighted by atomic mass is 9.86. The molecule has 2 unspecified atom stereocenters. The molecule has 0 aliphatic heterocycles. The van der Waals surface area contributed by atoms with Gasteiger partial charge in [0.2, 0.25) is 0 Å². The highest BCUT2D eigenvalue weighted by atomic mass is 14.3. The van der Waals surface area contributed by atoms with Gasteiger partial charge in [-0.15, -0.1) is 39.5 Å². The van der Waals surface area contributed by atoms with E-state index in [0.717, 1.165) is 30.3 Å². The fourth-order valence-electron chi connectivity index (χ4n) is 7.91. The Morgan fingerprint density at radius 1 is 0.358 bits per heavy atom. The summed E-state index contributed by atoms with van der Waals surface area (Å²) in [4.78, 5) is 0. The van der Waals surface area contributed by atoms with Crippen LogP contribution in [-0.4, -0.2) is 0 Å². The van der Waals surface area contributed by atoms with Crippen LogP contribution in [0.15, 0.2) is 192 Å². The van der Waals surface area contributed by atoms with Crippen molar-refractivity contribution < 1.29 is 0 Å². The third kappa shape index (κ3) is 10.6. The van der Waals surface area contributed by atoms with Gasteiger partial charge in [-0.3, -0.25) is 0 Å². The Morgan fingerprint density at radius 2 is 0.660 bits per heavy atom. The number of benzene rings is 5. The molecule has 5 aromatic carbocycles. The molecule has 0 bridgehead atoms. The molecule has 0 N–H and O–H groups in total. The molecule has 0 heteroatoms. The van der Waals surface area contributed by atoms with Gasteiger partial charge in [-0.2, -0.15) is 0 Å². The zero-order valence-corrected chi connectivity index (χ0v) is 31.8. The fraction of sp³-hybridized carbons (Fsp3) is 0.208. The molecule has 0 aromatic heterocycles. The first-order valence-electron chi connectivity index (χ1n) is 19.2. The maximum atomic E-state index is 4.14. The van der Waals surface area contributed by atoms with E-state index < -0.39 is 0 Å². The summed E-state index contributed by atoms with van der Waals surface area (Å²) in [5.74, 6) is 1.80. The number of fused-ring (bicyclic) bond motifs is 7. The molecule has 5 aliphatic rings. The second-order valence-electron chi connectivity index (χ2n) is 13.5. The molecule has 5 aromatic rings. The van der Waals surface area contributed by atoms with Crippen LogP contribution in [0.3, 0.4) is 0 Å². The molecule has 5 aliphatic carbocycles. The lowest BCUT2D eigenvalue weighted by Crippen LogP contribution is -2.06. The van der Waals surface area contributed by atoms with Gasteiger partial charge >= 0.3 is 0 Å². The molecule has 1 saturated carbocycles. The van der Waals surface area contributed by atoms with Crippen molar-refractivity contribution in [3.8, 4) is 11.1 Å². The molecule has 2 atom stereocenters. The van der Waals surface area contributed by atoms with E-state index in [4.69, 9.17) is 0 Å². The highest BCUT2D eigenvalue weighted by Crippen LogP contribution is 2.42. The molecule has 0 saturated heterocycles. The molecule has 53 heavy (non-hydrogen) atoms. The van der Waals surface area contributed by atoms with Gasteiger partial charge in [0.25, 0.3) is 0 Å². The molecule has 10 rings (SSSR count). The molecule has 0 spiro atoms. The van der Waals surface area contributed by atoms with Crippen molar-refractivity contribution in [2.45, 2.75) is 57.8 Å². The van der Waals surface area contributed by atoms with Crippen LogP contribution >= 0.6 is 0 Å². The summed E-state index contributed by atoms with van der Waals surface area (Å²) in [5.41, 5.74) is 15.4. The van der Waals surface area contributed by atoms with E-state index in [2.05, 4.69) is 192 Å². The zero-order chi connectivity index (χ0) is 37.8. The zero-order valence-electron chi connectivity index (χ0n) is 31.8. The summed E-state index contributed by atoms with van der Waals surface area (Å²) in [6.07, 6.45) is 21.0. The monoisotopic (exact) mass is 694 g/mol. The van der Waals surface area contributed by atoms with Crippen molar-refractivity contribution in [3.63, 3.8) is 0 Å². The van der Waals surface area contributed by atoms with Gasteiger partial charge < -0.3 is 0 Å². The average Bonchev–Trinajstić information content (AvgIpc) is 3.86. The van der Waals surface area contributed by atoms with Crippen molar-refractivity contribution in [3.05, 3.63) is 236 Å². The number of rotatable bonds is 0. The van der Waals surface area contributed by atoms with Gasteiger partial charge in [0.05, 0.1) is 0 Å². The van der Waals surface area contributed by atoms with E-state index >= 15 is 0 Å². The van der Waals surface area contributed by atoms with Crippen molar-refractivity contribution in [1.82, 2.24) is 0 Å². The van der Waals surface area contributed by atoms with E-state index in [0.29, 0.717) is 0 Å². The second kappa shape index (κ2) is 21.8. The standard InChI is InChI=1S/C14H10.C14H12.C10H12.C9H12.3C2H4/c1-10-11-6-2-4-8-13(11)14-9-5-3-7-12(10)14;1-2-6-12-10-14-8-4-3-7-13(14)9-11(12)5-1;1-2-6-10-8-4-3-7-9(10)5-1;1-2-5-9-7-3-6-8(9)4-1;3*1-2/h2-9H,1H2;1-8H,9-10H2;1-2,5-6H,3-4,7-8H2;1-2,4-5,8-9H,3,6-7H2;3*1-2H2. The first-order chi connectivity index (χ1) is 26.2. The van der Waals surface area contributed by atoms with E-state index in [1.807, 2.05) is 0 Å². The van der Waals surface area contributed by atoms with E-state index in [1.165, 1.54) is 89.5 Å². The smallest absolute Gasteiger partial charge is 0.00201 e. The lowest BCUT2D eigenvalue weighted by molar-refractivity contribution is 0.552. The topological polar surface area (TPSA) is 0 Å². The largest absolute Gasteiger partial charge is 0.106 e. The number of hydrogen-bond acceptors (Lipinski definition) is 0. The van der Waals surface area contributed by atoms with E-state index in [9.17, 15) is 0 Å². The molecule has 270 valence electrons. The summed E-state index contributed by atoms with van der Waals surface area (Å²) in [6, 6.07) is 43.2. The van der Waals surface area contributed by atoms with Gasteiger partial charge in [0.1, 0.15) is 0 Å². The number of hydrogen-bond donors (Lipinski definition) is 0. The van der Waals surface area contributed by atoms with E-state index in [-0.39, 0.29) is 0 Å². The fourth-order valence-corrected chi connectivity index (χ4v) is 7.91. The number of aryl methyl sites for hydroxylation is 2. The summed E-state index contributed by atoms with van der Waals surface area (Å²) in [7, 11) is 0. The predicted octanol–water partition coefficient (Wildman–Crippen LogP) is 14.4. The molecular formula is C53H58. The van der Waals surface area contributed by atoms with Gasteiger partial charge in [-0.1, -0.05) is 159 Å². The highest BCUT2D eigenvalue weighted by molar-refractivity contribution is 6.00.